The predicted molar refractivity (Wildman–Crippen MR) is 59.1 cm³/mol. The molecule has 3 heteroatoms. The smallest absolute Gasteiger partial charge is 0.0442 e. The predicted octanol–water partition coefficient (Wildman–Crippen LogP) is 2.41. The summed E-state index contributed by atoms with van der Waals surface area (Å²) in [6.45, 7) is 8.12. The molecule has 0 fully saturated rings. The fourth-order valence-corrected chi connectivity index (χ4v) is 3.10. The molecule has 0 unspecified atom stereocenters. The number of hydrogen-bond donors (Lipinski definition) is 1. The molecule has 0 heterocycles. The molecule has 0 amide bonds. The molecule has 0 saturated carbocycles. The maximum absolute atomic E-state index is 5.38. The summed E-state index contributed by atoms with van der Waals surface area (Å²) in [5.74, 6) is 2.44. The van der Waals surface area contributed by atoms with Crippen LogP contribution < -0.4 is 5.73 Å². The van der Waals surface area contributed by atoms with Crippen molar-refractivity contribution >= 4 is 19.8 Å². The highest BCUT2D eigenvalue weighted by Crippen LogP contribution is 2.13. The van der Waals surface area contributed by atoms with Crippen molar-refractivity contribution in [1.29, 1.82) is 0 Å². The first-order chi connectivity index (χ1) is 5.06. The third-order valence-corrected chi connectivity index (χ3v) is 4.43. The maximum atomic E-state index is 5.38. The molecule has 11 heavy (non-hydrogen) atoms. The van der Waals surface area contributed by atoms with Gasteiger partial charge in [0.05, 0.1) is 0 Å². The van der Waals surface area contributed by atoms with E-state index in [0.717, 1.165) is 12.3 Å². The van der Waals surface area contributed by atoms with Crippen LogP contribution in [0.1, 0.15) is 6.42 Å². The Hall–Kier alpha value is 0.527. The Morgan fingerprint density at radius 3 is 2.27 bits per heavy atom. The molecule has 68 valence electrons. The van der Waals surface area contributed by atoms with Crippen LogP contribution >= 0.6 is 11.8 Å². The Labute approximate surface area is 76.1 Å². The van der Waals surface area contributed by atoms with Crippen LogP contribution in [0.2, 0.25) is 25.7 Å². The van der Waals surface area contributed by atoms with Crippen molar-refractivity contribution in [3.05, 3.63) is 0 Å². The minimum absolute atomic E-state index is 0.762. The van der Waals surface area contributed by atoms with Crippen LogP contribution in [0.4, 0.5) is 0 Å². The Morgan fingerprint density at radius 2 is 1.82 bits per heavy atom. The zero-order chi connectivity index (χ0) is 8.74. The summed E-state index contributed by atoms with van der Waals surface area (Å²) in [6.07, 6.45) is 1.39. The number of rotatable bonds is 6. The molecule has 0 aliphatic heterocycles. The Balaban J connectivity index is 3.02. The third-order valence-electron chi connectivity index (χ3n) is 1.48. The summed E-state index contributed by atoms with van der Waals surface area (Å²) < 4.78 is 0. The molecule has 0 aromatic rings. The van der Waals surface area contributed by atoms with Crippen LogP contribution in [-0.4, -0.2) is 26.1 Å². The maximum Gasteiger partial charge on any atom is 0.0442 e. The molecule has 0 rings (SSSR count). The molecular formula is C8H21NSSi. The number of nitrogens with two attached hydrogens (primary N) is 1. The molecule has 0 aromatic carbocycles. The van der Waals surface area contributed by atoms with Crippen LogP contribution in [0.25, 0.3) is 0 Å². The lowest BCUT2D eigenvalue weighted by Gasteiger charge is -2.14. The molecule has 0 radical (unpaired) electrons. The minimum Gasteiger partial charge on any atom is -0.330 e. The molecular weight excluding hydrogens is 170 g/mol. The lowest BCUT2D eigenvalue weighted by Crippen LogP contribution is -2.19. The fraction of sp³-hybridized carbons (Fsp3) is 1.00. The van der Waals surface area contributed by atoms with Gasteiger partial charge in [-0.05, 0) is 12.2 Å². The summed E-state index contributed by atoms with van der Waals surface area (Å²) in [5, 5.41) is 0. The molecule has 0 bridgehead atoms. The first-order valence-electron chi connectivity index (χ1n) is 4.34. The Morgan fingerprint density at radius 1 is 1.18 bits per heavy atom. The fourth-order valence-electron chi connectivity index (χ4n) is 0.890. The molecule has 2 N–H and O–H groups in total. The average molecular weight is 191 g/mol. The summed E-state index contributed by atoms with van der Waals surface area (Å²) >= 11 is 1.99. The van der Waals surface area contributed by atoms with Crippen LogP contribution in [0.15, 0.2) is 0 Å². The van der Waals surface area contributed by atoms with Gasteiger partial charge in [0, 0.05) is 20.4 Å². The van der Waals surface area contributed by atoms with Crippen LogP contribution in [0.5, 0.6) is 0 Å². The van der Waals surface area contributed by atoms with Crippen molar-refractivity contribution in [3.63, 3.8) is 0 Å². The van der Waals surface area contributed by atoms with Crippen molar-refractivity contribution in [2.24, 2.45) is 5.73 Å². The van der Waals surface area contributed by atoms with E-state index in [1.807, 2.05) is 11.8 Å². The largest absolute Gasteiger partial charge is 0.330 e. The van der Waals surface area contributed by atoms with Crippen LogP contribution in [0, 0.1) is 0 Å². The summed E-state index contributed by atoms with van der Waals surface area (Å²) in [7, 11) is -0.762. The van der Waals surface area contributed by atoms with E-state index in [2.05, 4.69) is 19.6 Å². The van der Waals surface area contributed by atoms with Gasteiger partial charge in [0.1, 0.15) is 0 Å². The van der Waals surface area contributed by atoms with Crippen LogP contribution in [-0.2, 0) is 0 Å². The van der Waals surface area contributed by atoms with E-state index in [1.165, 1.54) is 18.2 Å². The Kier molecular flexibility index (Phi) is 6.38. The molecule has 0 atom stereocenters. The van der Waals surface area contributed by atoms with Crippen LogP contribution in [0.3, 0.4) is 0 Å². The van der Waals surface area contributed by atoms with Gasteiger partial charge in [0.2, 0.25) is 0 Å². The van der Waals surface area contributed by atoms with Gasteiger partial charge in [-0.15, -0.1) is 0 Å². The van der Waals surface area contributed by atoms with Gasteiger partial charge in [-0.2, -0.15) is 11.8 Å². The molecule has 0 aliphatic rings. The lowest BCUT2D eigenvalue weighted by molar-refractivity contribution is 1.06. The van der Waals surface area contributed by atoms with E-state index in [1.54, 1.807) is 0 Å². The first-order valence-corrected chi connectivity index (χ1v) is 9.20. The van der Waals surface area contributed by atoms with E-state index in [9.17, 15) is 0 Å². The van der Waals surface area contributed by atoms with Crippen molar-refractivity contribution in [2.75, 3.05) is 18.1 Å². The molecule has 0 aliphatic carbocycles. The normalized spacial score (nSPS) is 12.0. The quantitative estimate of drug-likeness (QED) is 0.515. The topological polar surface area (TPSA) is 26.0 Å². The highest BCUT2D eigenvalue weighted by Gasteiger charge is 2.11. The number of thioether (sulfide) groups is 1. The van der Waals surface area contributed by atoms with Gasteiger partial charge in [-0.1, -0.05) is 25.7 Å². The van der Waals surface area contributed by atoms with Gasteiger partial charge in [0.15, 0.2) is 0 Å². The number of hydrogen-bond acceptors (Lipinski definition) is 2. The van der Waals surface area contributed by atoms with Gasteiger partial charge in [-0.25, -0.2) is 0 Å². The zero-order valence-corrected chi connectivity index (χ0v) is 9.84. The second-order valence-electron chi connectivity index (χ2n) is 4.07. The van der Waals surface area contributed by atoms with Gasteiger partial charge in [-0.3, -0.25) is 0 Å². The zero-order valence-electron chi connectivity index (χ0n) is 8.02. The molecule has 0 saturated heterocycles. The lowest BCUT2D eigenvalue weighted by atomic mass is 10.6. The van der Waals surface area contributed by atoms with E-state index in [4.69, 9.17) is 5.73 Å². The van der Waals surface area contributed by atoms with Gasteiger partial charge < -0.3 is 5.73 Å². The second kappa shape index (κ2) is 6.09. The highest BCUT2D eigenvalue weighted by molar-refractivity contribution is 7.99. The first kappa shape index (κ1) is 11.5. The second-order valence-corrected chi connectivity index (χ2v) is 10.9. The van der Waals surface area contributed by atoms with Gasteiger partial charge in [0.25, 0.3) is 0 Å². The van der Waals surface area contributed by atoms with E-state index in [-0.39, 0.29) is 0 Å². The summed E-state index contributed by atoms with van der Waals surface area (Å²) in [5.41, 5.74) is 5.38. The van der Waals surface area contributed by atoms with E-state index < -0.39 is 8.07 Å². The molecule has 0 aromatic heterocycles. The van der Waals surface area contributed by atoms with Crippen molar-refractivity contribution in [3.8, 4) is 0 Å². The van der Waals surface area contributed by atoms with E-state index >= 15 is 0 Å². The highest BCUT2D eigenvalue weighted by atomic mass is 32.2. The molecule has 1 nitrogen and oxygen atoms in total. The Bertz CT molecular complexity index is 90.6. The van der Waals surface area contributed by atoms with Crippen molar-refractivity contribution in [1.82, 2.24) is 0 Å². The minimum atomic E-state index is -0.762. The van der Waals surface area contributed by atoms with E-state index in [0.29, 0.717) is 0 Å². The monoisotopic (exact) mass is 191 g/mol. The summed E-state index contributed by atoms with van der Waals surface area (Å²) in [4.78, 5) is 0. The SMILES string of the molecule is C[Si](C)(C)CCCSCCN. The third kappa shape index (κ3) is 10.5. The average Bonchev–Trinajstić information content (AvgIpc) is 1.85. The molecule has 0 spiro atoms. The summed E-state index contributed by atoms with van der Waals surface area (Å²) in [6, 6.07) is 1.46. The van der Waals surface area contributed by atoms with Gasteiger partial charge >= 0.3 is 0 Å². The standard InChI is InChI=1S/C8H21NSSi/c1-11(2,3)8-4-6-10-7-5-9/h4-9H2,1-3H3. The van der Waals surface area contributed by atoms with Crippen molar-refractivity contribution in [2.45, 2.75) is 32.1 Å². The van der Waals surface area contributed by atoms with Crippen molar-refractivity contribution < 1.29 is 0 Å².